The standard InChI is InChI=1S/C16H14FN3/c1-18-14-8-4-12(5-9-14)16-10-15(19-20-16)11-2-6-13(17)7-3-11/h2-10,18H,1H3,(H,19,20). The van der Waals surface area contributed by atoms with Gasteiger partial charge in [0.15, 0.2) is 0 Å². The van der Waals surface area contributed by atoms with Crippen LogP contribution in [0.4, 0.5) is 10.1 Å². The highest BCUT2D eigenvalue weighted by molar-refractivity contribution is 5.69. The molecule has 0 saturated heterocycles. The quantitative estimate of drug-likeness (QED) is 0.755. The average Bonchev–Trinajstić information content (AvgIpc) is 2.98. The van der Waals surface area contributed by atoms with E-state index < -0.39 is 0 Å². The minimum atomic E-state index is -0.240. The summed E-state index contributed by atoms with van der Waals surface area (Å²) in [5.74, 6) is -0.240. The lowest BCUT2D eigenvalue weighted by molar-refractivity contribution is 0.628. The molecule has 0 fully saturated rings. The molecule has 2 aromatic carbocycles. The Bertz CT molecular complexity index is 699. The van der Waals surface area contributed by atoms with Crippen molar-refractivity contribution in [3.05, 3.63) is 60.4 Å². The smallest absolute Gasteiger partial charge is 0.123 e. The van der Waals surface area contributed by atoms with E-state index in [9.17, 15) is 4.39 Å². The topological polar surface area (TPSA) is 40.7 Å². The molecule has 20 heavy (non-hydrogen) atoms. The molecular weight excluding hydrogens is 253 g/mol. The van der Waals surface area contributed by atoms with Crippen LogP contribution in [-0.4, -0.2) is 17.2 Å². The van der Waals surface area contributed by atoms with Gasteiger partial charge in [0.25, 0.3) is 0 Å². The third-order valence-electron chi connectivity index (χ3n) is 3.20. The Hall–Kier alpha value is -2.62. The zero-order valence-electron chi connectivity index (χ0n) is 11.0. The first-order chi connectivity index (χ1) is 9.76. The molecule has 0 amide bonds. The molecule has 3 aromatic rings. The summed E-state index contributed by atoms with van der Waals surface area (Å²) < 4.78 is 12.9. The highest BCUT2D eigenvalue weighted by Crippen LogP contribution is 2.24. The van der Waals surface area contributed by atoms with Crippen LogP contribution in [0.3, 0.4) is 0 Å². The minimum absolute atomic E-state index is 0.240. The van der Waals surface area contributed by atoms with Gasteiger partial charge in [-0.3, -0.25) is 5.10 Å². The molecule has 0 aliphatic rings. The van der Waals surface area contributed by atoms with Crippen molar-refractivity contribution >= 4 is 5.69 Å². The maximum absolute atomic E-state index is 12.9. The minimum Gasteiger partial charge on any atom is -0.388 e. The fourth-order valence-electron chi connectivity index (χ4n) is 2.05. The lowest BCUT2D eigenvalue weighted by Gasteiger charge is -2.00. The number of aromatic nitrogens is 2. The zero-order chi connectivity index (χ0) is 13.9. The molecule has 0 bridgehead atoms. The Morgan fingerprint density at radius 1 is 0.950 bits per heavy atom. The summed E-state index contributed by atoms with van der Waals surface area (Å²) >= 11 is 0. The molecule has 1 heterocycles. The number of halogens is 1. The average molecular weight is 267 g/mol. The lowest BCUT2D eigenvalue weighted by Crippen LogP contribution is -1.86. The van der Waals surface area contributed by atoms with Gasteiger partial charge in [0.1, 0.15) is 5.82 Å². The van der Waals surface area contributed by atoms with Gasteiger partial charge in [-0.15, -0.1) is 0 Å². The Balaban J connectivity index is 1.91. The molecule has 3 rings (SSSR count). The molecule has 0 saturated carbocycles. The summed E-state index contributed by atoms with van der Waals surface area (Å²) in [6, 6.07) is 16.3. The number of benzene rings is 2. The van der Waals surface area contributed by atoms with Crippen LogP contribution in [-0.2, 0) is 0 Å². The molecule has 0 aliphatic heterocycles. The third kappa shape index (κ3) is 2.40. The predicted molar refractivity (Wildman–Crippen MR) is 79.0 cm³/mol. The second kappa shape index (κ2) is 5.17. The van der Waals surface area contributed by atoms with E-state index in [0.717, 1.165) is 28.2 Å². The Morgan fingerprint density at radius 2 is 1.60 bits per heavy atom. The van der Waals surface area contributed by atoms with E-state index in [-0.39, 0.29) is 5.82 Å². The molecule has 1 aromatic heterocycles. The van der Waals surface area contributed by atoms with Gasteiger partial charge >= 0.3 is 0 Å². The fourth-order valence-corrected chi connectivity index (χ4v) is 2.05. The van der Waals surface area contributed by atoms with Crippen LogP contribution in [0.2, 0.25) is 0 Å². The van der Waals surface area contributed by atoms with E-state index in [1.165, 1.54) is 12.1 Å². The normalized spacial score (nSPS) is 10.5. The van der Waals surface area contributed by atoms with E-state index >= 15 is 0 Å². The van der Waals surface area contributed by atoms with Crippen molar-refractivity contribution in [1.29, 1.82) is 0 Å². The lowest BCUT2D eigenvalue weighted by atomic mass is 10.1. The summed E-state index contributed by atoms with van der Waals surface area (Å²) in [5, 5.41) is 10.4. The summed E-state index contributed by atoms with van der Waals surface area (Å²) in [5.41, 5.74) is 4.75. The van der Waals surface area contributed by atoms with Crippen molar-refractivity contribution in [3.8, 4) is 22.5 Å². The van der Waals surface area contributed by atoms with Crippen LogP contribution < -0.4 is 5.32 Å². The van der Waals surface area contributed by atoms with Crippen LogP contribution in [0, 0.1) is 5.82 Å². The number of aromatic amines is 1. The number of rotatable bonds is 3. The summed E-state index contributed by atoms with van der Waals surface area (Å²) in [4.78, 5) is 0. The van der Waals surface area contributed by atoms with E-state index in [1.54, 1.807) is 12.1 Å². The molecule has 100 valence electrons. The van der Waals surface area contributed by atoms with Crippen molar-refractivity contribution in [3.63, 3.8) is 0 Å². The third-order valence-corrected chi connectivity index (χ3v) is 3.20. The second-order valence-electron chi connectivity index (χ2n) is 4.50. The summed E-state index contributed by atoms with van der Waals surface area (Å²) in [7, 11) is 1.89. The number of anilines is 1. The zero-order valence-corrected chi connectivity index (χ0v) is 11.0. The van der Waals surface area contributed by atoms with Crippen molar-refractivity contribution in [2.24, 2.45) is 0 Å². The van der Waals surface area contributed by atoms with E-state index in [0.29, 0.717) is 0 Å². The van der Waals surface area contributed by atoms with Crippen molar-refractivity contribution in [2.45, 2.75) is 0 Å². The SMILES string of the molecule is CNc1ccc(-c2cc(-c3ccc(F)cc3)[nH]n2)cc1. The number of nitrogens with one attached hydrogen (secondary N) is 2. The van der Waals surface area contributed by atoms with Gasteiger partial charge in [0.2, 0.25) is 0 Å². The van der Waals surface area contributed by atoms with Crippen molar-refractivity contribution in [2.75, 3.05) is 12.4 Å². The molecule has 0 unspecified atom stereocenters. The van der Waals surface area contributed by atoms with Gasteiger partial charge in [-0.1, -0.05) is 12.1 Å². The Kier molecular flexibility index (Phi) is 3.21. The summed E-state index contributed by atoms with van der Waals surface area (Å²) in [6.45, 7) is 0. The monoisotopic (exact) mass is 267 g/mol. The van der Waals surface area contributed by atoms with E-state index in [2.05, 4.69) is 15.5 Å². The van der Waals surface area contributed by atoms with E-state index in [1.807, 2.05) is 37.4 Å². The molecule has 2 N–H and O–H groups in total. The fraction of sp³-hybridized carbons (Fsp3) is 0.0625. The maximum atomic E-state index is 12.9. The largest absolute Gasteiger partial charge is 0.388 e. The summed E-state index contributed by atoms with van der Waals surface area (Å²) in [6.07, 6.45) is 0. The molecule has 0 spiro atoms. The van der Waals surface area contributed by atoms with Crippen LogP contribution in [0.15, 0.2) is 54.6 Å². The van der Waals surface area contributed by atoms with Crippen molar-refractivity contribution < 1.29 is 4.39 Å². The number of hydrogen-bond acceptors (Lipinski definition) is 2. The predicted octanol–water partition coefficient (Wildman–Crippen LogP) is 3.92. The highest BCUT2D eigenvalue weighted by Gasteiger charge is 2.06. The van der Waals surface area contributed by atoms with Gasteiger partial charge in [0.05, 0.1) is 11.4 Å². The van der Waals surface area contributed by atoms with Crippen LogP contribution in [0.5, 0.6) is 0 Å². The van der Waals surface area contributed by atoms with Gasteiger partial charge in [0, 0.05) is 18.3 Å². The van der Waals surface area contributed by atoms with Gasteiger partial charge < -0.3 is 5.32 Å². The van der Waals surface area contributed by atoms with Crippen LogP contribution in [0.1, 0.15) is 0 Å². The van der Waals surface area contributed by atoms with Crippen LogP contribution >= 0.6 is 0 Å². The Labute approximate surface area is 116 Å². The molecular formula is C16H14FN3. The second-order valence-corrected chi connectivity index (χ2v) is 4.50. The molecule has 0 atom stereocenters. The van der Waals surface area contributed by atoms with Crippen molar-refractivity contribution in [1.82, 2.24) is 10.2 Å². The molecule has 3 nitrogen and oxygen atoms in total. The molecule has 0 aliphatic carbocycles. The first-order valence-corrected chi connectivity index (χ1v) is 6.36. The first kappa shape index (κ1) is 12.4. The number of nitrogens with zero attached hydrogens (tertiary/aromatic N) is 1. The van der Waals surface area contributed by atoms with E-state index in [4.69, 9.17) is 0 Å². The Morgan fingerprint density at radius 3 is 2.25 bits per heavy atom. The first-order valence-electron chi connectivity index (χ1n) is 6.36. The molecule has 4 heteroatoms. The highest BCUT2D eigenvalue weighted by atomic mass is 19.1. The molecule has 0 radical (unpaired) electrons. The van der Waals surface area contributed by atoms with Gasteiger partial charge in [-0.25, -0.2) is 4.39 Å². The number of H-pyrrole nitrogens is 1. The van der Waals surface area contributed by atoms with Gasteiger partial charge in [-0.2, -0.15) is 5.10 Å². The number of hydrogen-bond donors (Lipinski definition) is 2. The van der Waals surface area contributed by atoms with Crippen LogP contribution in [0.25, 0.3) is 22.5 Å². The maximum Gasteiger partial charge on any atom is 0.123 e. The van der Waals surface area contributed by atoms with Gasteiger partial charge in [-0.05, 0) is 48.0 Å².